The van der Waals surface area contributed by atoms with Gasteiger partial charge in [0.15, 0.2) is 0 Å². The minimum Gasteiger partial charge on any atom is -0.480 e. The van der Waals surface area contributed by atoms with Crippen molar-refractivity contribution < 1.29 is 9.90 Å². The zero-order valence-electron chi connectivity index (χ0n) is 12.6. The van der Waals surface area contributed by atoms with E-state index in [0.717, 1.165) is 30.2 Å². The Morgan fingerprint density at radius 2 is 2.29 bits per heavy atom. The predicted octanol–water partition coefficient (Wildman–Crippen LogP) is 3.84. The van der Waals surface area contributed by atoms with Gasteiger partial charge < -0.3 is 10.4 Å². The standard InChI is InChI=1S/C15H23ClN2O2S/c1-3-9-18-15(4-2,14(19)20)8-6-11-21-13-12(16)7-5-10-17-13/h5,7,10,18H,3-4,6,8-9,11H2,1-2H3,(H,19,20). The Morgan fingerprint density at radius 3 is 2.86 bits per heavy atom. The largest absolute Gasteiger partial charge is 0.480 e. The molecule has 0 fully saturated rings. The molecule has 1 aromatic rings. The van der Waals surface area contributed by atoms with E-state index >= 15 is 0 Å². The van der Waals surface area contributed by atoms with Crippen molar-refractivity contribution in [2.24, 2.45) is 0 Å². The molecule has 6 heteroatoms. The third kappa shape index (κ3) is 5.49. The normalized spacial score (nSPS) is 13.9. The van der Waals surface area contributed by atoms with Gasteiger partial charge >= 0.3 is 5.97 Å². The number of rotatable bonds is 10. The first-order valence-corrected chi connectivity index (χ1v) is 8.64. The van der Waals surface area contributed by atoms with Crippen LogP contribution >= 0.6 is 23.4 Å². The second-order valence-corrected chi connectivity index (χ2v) is 6.40. The Kier molecular flexibility index (Phi) is 8.07. The molecule has 0 amide bonds. The molecule has 0 saturated carbocycles. The van der Waals surface area contributed by atoms with Crippen LogP contribution in [0.2, 0.25) is 5.02 Å². The molecule has 1 unspecified atom stereocenters. The minimum absolute atomic E-state index is 0.581. The van der Waals surface area contributed by atoms with Crippen molar-refractivity contribution in [2.45, 2.75) is 50.1 Å². The van der Waals surface area contributed by atoms with E-state index in [1.807, 2.05) is 19.9 Å². The van der Waals surface area contributed by atoms with Gasteiger partial charge in [0.2, 0.25) is 0 Å². The first-order valence-electron chi connectivity index (χ1n) is 7.27. The third-order valence-corrected chi connectivity index (χ3v) is 4.95. The van der Waals surface area contributed by atoms with Gasteiger partial charge in [-0.25, -0.2) is 4.98 Å². The van der Waals surface area contributed by atoms with Crippen LogP contribution in [0.3, 0.4) is 0 Å². The maximum atomic E-state index is 11.6. The lowest BCUT2D eigenvalue weighted by atomic mass is 9.90. The molecule has 118 valence electrons. The molecule has 0 aliphatic rings. The van der Waals surface area contributed by atoms with Crippen LogP contribution in [0.1, 0.15) is 39.5 Å². The molecule has 2 N–H and O–H groups in total. The van der Waals surface area contributed by atoms with E-state index in [4.69, 9.17) is 11.6 Å². The number of aromatic nitrogens is 1. The van der Waals surface area contributed by atoms with Gasteiger partial charge in [0, 0.05) is 6.20 Å². The number of aliphatic carboxylic acids is 1. The Balaban J connectivity index is 2.50. The highest BCUT2D eigenvalue weighted by molar-refractivity contribution is 7.99. The third-order valence-electron chi connectivity index (χ3n) is 3.44. The summed E-state index contributed by atoms with van der Waals surface area (Å²) in [5, 5.41) is 14.1. The van der Waals surface area contributed by atoms with Gasteiger partial charge in [-0.2, -0.15) is 0 Å². The van der Waals surface area contributed by atoms with E-state index < -0.39 is 11.5 Å². The molecular weight excluding hydrogens is 308 g/mol. The average Bonchev–Trinajstić information content (AvgIpc) is 2.48. The number of carbonyl (C=O) groups is 1. The average molecular weight is 331 g/mol. The first kappa shape index (κ1) is 18.3. The number of carboxylic acids is 1. The highest BCUT2D eigenvalue weighted by Crippen LogP contribution is 2.26. The smallest absolute Gasteiger partial charge is 0.323 e. The Morgan fingerprint density at radius 1 is 1.52 bits per heavy atom. The Hall–Kier alpha value is -0.780. The van der Waals surface area contributed by atoms with Gasteiger partial charge in [0.1, 0.15) is 10.6 Å². The van der Waals surface area contributed by atoms with Crippen molar-refractivity contribution >= 4 is 29.3 Å². The van der Waals surface area contributed by atoms with Crippen molar-refractivity contribution in [3.8, 4) is 0 Å². The summed E-state index contributed by atoms with van der Waals surface area (Å²) < 4.78 is 0. The van der Waals surface area contributed by atoms with E-state index in [0.29, 0.717) is 17.9 Å². The van der Waals surface area contributed by atoms with E-state index in [2.05, 4.69) is 10.3 Å². The van der Waals surface area contributed by atoms with Gasteiger partial charge in [0.25, 0.3) is 0 Å². The molecular formula is C15H23ClN2O2S. The lowest BCUT2D eigenvalue weighted by Gasteiger charge is -2.29. The number of pyridine rings is 1. The SMILES string of the molecule is CCCNC(CC)(CCCSc1ncccc1Cl)C(=O)O. The number of nitrogens with one attached hydrogen (secondary N) is 1. The summed E-state index contributed by atoms with van der Waals surface area (Å²) in [5.74, 6) is 0.0406. The summed E-state index contributed by atoms with van der Waals surface area (Å²) in [6.07, 6.45) is 4.62. The van der Waals surface area contributed by atoms with Crippen molar-refractivity contribution in [1.82, 2.24) is 10.3 Å². The zero-order valence-corrected chi connectivity index (χ0v) is 14.1. The summed E-state index contributed by atoms with van der Waals surface area (Å²) >= 11 is 7.62. The van der Waals surface area contributed by atoms with Crippen LogP contribution in [0, 0.1) is 0 Å². The Labute approximate surface area is 135 Å². The Bertz CT molecular complexity index is 459. The van der Waals surface area contributed by atoms with Gasteiger partial charge in [-0.1, -0.05) is 25.4 Å². The fourth-order valence-corrected chi connectivity index (χ4v) is 3.22. The monoisotopic (exact) mass is 330 g/mol. The van der Waals surface area contributed by atoms with E-state index in [-0.39, 0.29) is 0 Å². The number of halogens is 1. The molecule has 1 atom stereocenters. The van der Waals surface area contributed by atoms with Crippen LogP contribution in [0.15, 0.2) is 23.4 Å². The van der Waals surface area contributed by atoms with E-state index in [1.165, 1.54) is 0 Å². The fraction of sp³-hybridized carbons (Fsp3) is 0.600. The molecule has 0 saturated heterocycles. The van der Waals surface area contributed by atoms with Gasteiger partial charge in [-0.15, -0.1) is 11.8 Å². The summed E-state index contributed by atoms with van der Waals surface area (Å²) in [5.41, 5.74) is -0.815. The van der Waals surface area contributed by atoms with Crippen molar-refractivity contribution in [1.29, 1.82) is 0 Å². The summed E-state index contributed by atoms with van der Waals surface area (Å²) in [6.45, 7) is 4.67. The minimum atomic E-state index is -0.815. The number of hydrogen-bond acceptors (Lipinski definition) is 4. The maximum absolute atomic E-state index is 11.6. The first-order chi connectivity index (χ1) is 10.1. The molecule has 1 rings (SSSR count). The van der Waals surface area contributed by atoms with Crippen LogP contribution in [-0.4, -0.2) is 33.9 Å². The lowest BCUT2D eigenvalue weighted by Crippen LogP contribution is -2.52. The van der Waals surface area contributed by atoms with Crippen LogP contribution in [0.25, 0.3) is 0 Å². The molecule has 0 aliphatic carbocycles. The lowest BCUT2D eigenvalue weighted by molar-refractivity contribution is -0.145. The molecule has 0 aromatic carbocycles. The molecule has 0 spiro atoms. The van der Waals surface area contributed by atoms with Gasteiger partial charge in [-0.05, 0) is 50.1 Å². The molecule has 1 heterocycles. The maximum Gasteiger partial charge on any atom is 0.323 e. The molecule has 4 nitrogen and oxygen atoms in total. The highest BCUT2D eigenvalue weighted by atomic mass is 35.5. The molecule has 1 aromatic heterocycles. The number of thioether (sulfide) groups is 1. The summed E-state index contributed by atoms with van der Waals surface area (Å²) in [6, 6.07) is 3.61. The fourth-order valence-electron chi connectivity index (χ4n) is 2.11. The number of hydrogen-bond donors (Lipinski definition) is 2. The molecule has 0 aliphatic heterocycles. The van der Waals surface area contributed by atoms with Crippen LogP contribution in [0.5, 0.6) is 0 Å². The topological polar surface area (TPSA) is 62.2 Å². The second kappa shape index (κ2) is 9.28. The van der Waals surface area contributed by atoms with Crippen LogP contribution in [-0.2, 0) is 4.79 Å². The summed E-state index contributed by atoms with van der Waals surface area (Å²) in [4.78, 5) is 15.8. The quantitative estimate of drug-likeness (QED) is 0.504. The van der Waals surface area contributed by atoms with Crippen LogP contribution in [0.4, 0.5) is 0 Å². The van der Waals surface area contributed by atoms with E-state index in [1.54, 1.807) is 24.0 Å². The van der Waals surface area contributed by atoms with Gasteiger partial charge in [-0.3, -0.25) is 4.79 Å². The van der Waals surface area contributed by atoms with Crippen molar-refractivity contribution in [2.75, 3.05) is 12.3 Å². The van der Waals surface area contributed by atoms with Crippen LogP contribution < -0.4 is 5.32 Å². The number of carboxylic acid groups (broad SMARTS) is 1. The summed E-state index contributed by atoms with van der Waals surface area (Å²) in [7, 11) is 0. The van der Waals surface area contributed by atoms with Crippen molar-refractivity contribution in [3.63, 3.8) is 0 Å². The second-order valence-electron chi connectivity index (χ2n) is 4.91. The predicted molar refractivity (Wildman–Crippen MR) is 88.2 cm³/mol. The number of nitrogens with zero attached hydrogens (tertiary/aromatic N) is 1. The van der Waals surface area contributed by atoms with Crippen molar-refractivity contribution in [3.05, 3.63) is 23.4 Å². The zero-order chi connectivity index (χ0) is 15.7. The highest BCUT2D eigenvalue weighted by Gasteiger charge is 2.35. The van der Waals surface area contributed by atoms with Gasteiger partial charge in [0.05, 0.1) is 5.02 Å². The molecule has 0 radical (unpaired) electrons. The molecule has 0 bridgehead atoms. The van der Waals surface area contributed by atoms with E-state index in [9.17, 15) is 9.90 Å². The molecule has 21 heavy (non-hydrogen) atoms.